The minimum absolute atomic E-state index is 0.0290. The highest BCUT2D eigenvalue weighted by atomic mass is 16.5. The number of ether oxygens (including phenoxy) is 2. The van der Waals surface area contributed by atoms with Gasteiger partial charge in [0.15, 0.2) is 0 Å². The van der Waals surface area contributed by atoms with Crippen LogP contribution in [-0.2, 0) is 4.79 Å². The molecule has 1 aromatic carbocycles. The number of nitrogens with one attached hydrogen (secondary N) is 2. The fourth-order valence-electron chi connectivity index (χ4n) is 2.06. The summed E-state index contributed by atoms with van der Waals surface area (Å²) in [5, 5.41) is 6.19. The summed E-state index contributed by atoms with van der Waals surface area (Å²) in [6.45, 7) is 7.42. The molecule has 1 rings (SSSR count). The molecule has 0 radical (unpaired) electrons. The summed E-state index contributed by atoms with van der Waals surface area (Å²) in [6, 6.07) is 5.47. The predicted octanol–water partition coefficient (Wildman–Crippen LogP) is 2.13. The zero-order valence-electron chi connectivity index (χ0n) is 13.5. The van der Waals surface area contributed by atoms with Crippen LogP contribution in [0.25, 0.3) is 0 Å². The Balaban J connectivity index is 2.74. The zero-order chi connectivity index (χ0) is 15.8. The van der Waals surface area contributed by atoms with Gasteiger partial charge in [-0.3, -0.25) is 4.79 Å². The molecule has 0 aliphatic carbocycles. The second kappa shape index (κ2) is 8.52. The molecule has 0 aliphatic heterocycles. The van der Waals surface area contributed by atoms with Crippen LogP contribution in [0.1, 0.15) is 32.4 Å². The molecule has 0 aromatic heterocycles. The van der Waals surface area contributed by atoms with Gasteiger partial charge in [-0.1, -0.05) is 13.8 Å². The van der Waals surface area contributed by atoms with Gasteiger partial charge in [-0.05, 0) is 25.6 Å². The van der Waals surface area contributed by atoms with Gasteiger partial charge in [0, 0.05) is 24.1 Å². The fraction of sp³-hybridized carbons (Fsp3) is 0.562. The first kappa shape index (κ1) is 17.3. The van der Waals surface area contributed by atoms with Crippen molar-refractivity contribution in [2.24, 2.45) is 5.92 Å². The monoisotopic (exact) mass is 294 g/mol. The molecule has 0 bridgehead atoms. The molecular formula is C16H26N2O3. The van der Waals surface area contributed by atoms with E-state index in [1.807, 2.05) is 39.0 Å². The molecule has 1 amide bonds. The fourth-order valence-corrected chi connectivity index (χ4v) is 2.06. The summed E-state index contributed by atoms with van der Waals surface area (Å²) >= 11 is 0. The highest BCUT2D eigenvalue weighted by Gasteiger charge is 2.18. The molecule has 2 N–H and O–H groups in total. The van der Waals surface area contributed by atoms with E-state index in [1.165, 1.54) is 0 Å². The van der Waals surface area contributed by atoms with Gasteiger partial charge < -0.3 is 20.1 Å². The molecule has 5 nitrogen and oxygen atoms in total. The van der Waals surface area contributed by atoms with E-state index in [4.69, 9.17) is 9.47 Å². The van der Waals surface area contributed by atoms with Gasteiger partial charge in [-0.2, -0.15) is 0 Å². The van der Waals surface area contributed by atoms with Gasteiger partial charge >= 0.3 is 0 Å². The van der Waals surface area contributed by atoms with E-state index in [1.54, 1.807) is 14.2 Å². The van der Waals surface area contributed by atoms with Crippen LogP contribution in [0.3, 0.4) is 0 Å². The number of amides is 1. The second-order valence-electron chi connectivity index (χ2n) is 5.05. The first-order valence-corrected chi connectivity index (χ1v) is 7.26. The van der Waals surface area contributed by atoms with Crippen LogP contribution < -0.4 is 20.1 Å². The van der Waals surface area contributed by atoms with Crippen molar-refractivity contribution >= 4 is 5.91 Å². The molecule has 21 heavy (non-hydrogen) atoms. The molecule has 0 aliphatic rings. The SMILES string of the molecule is CCNCC(C)C(=O)NC(C)c1ccc(OC)cc1OC. The van der Waals surface area contributed by atoms with Crippen molar-refractivity contribution < 1.29 is 14.3 Å². The summed E-state index contributed by atoms with van der Waals surface area (Å²) in [5.41, 5.74) is 0.933. The first-order chi connectivity index (χ1) is 10.0. The van der Waals surface area contributed by atoms with Crippen LogP contribution in [0, 0.1) is 5.92 Å². The summed E-state index contributed by atoms with van der Waals surface area (Å²) in [4.78, 5) is 12.1. The van der Waals surface area contributed by atoms with Crippen molar-refractivity contribution in [3.8, 4) is 11.5 Å². The lowest BCUT2D eigenvalue weighted by molar-refractivity contribution is -0.125. The Labute approximate surface area is 127 Å². The average Bonchev–Trinajstić information content (AvgIpc) is 2.51. The van der Waals surface area contributed by atoms with Gasteiger partial charge in [0.1, 0.15) is 11.5 Å². The zero-order valence-corrected chi connectivity index (χ0v) is 13.5. The van der Waals surface area contributed by atoms with Crippen LogP contribution >= 0.6 is 0 Å². The Hall–Kier alpha value is -1.75. The van der Waals surface area contributed by atoms with E-state index in [9.17, 15) is 4.79 Å². The topological polar surface area (TPSA) is 59.6 Å². The Bertz CT molecular complexity index is 463. The van der Waals surface area contributed by atoms with Crippen LogP contribution in [-0.4, -0.2) is 33.2 Å². The Morgan fingerprint density at radius 3 is 2.52 bits per heavy atom. The van der Waals surface area contributed by atoms with Gasteiger partial charge in [0.2, 0.25) is 5.91 Å². The lowest BCUT2D eigenvalue weighted by Gasteiger charge is -2.20. The average molecular weight is 294 g/mol. The lowest BCUT2D eigenvalue weighted by atomic mass is 10.1. The molecule has 0 heterocycles. The van der Waals surface area contributed by atoms with E-state index in [-0.39, 0.29) is 17.9 Å². The maximum atomic E-state index is 12.1. The van der Waals surface area contributed by atoms with E-state index in [2.05, 4.69) is 10.6 Å². The Morgan fingerprint density at radius 2 is 1.95 bits per heavy atom. The van der Waals surface area contributed by atoms with Crippen LogP contribution in [0.5, 0.6) is 11.5 Å². The van der Waals surface area contributed by atoms with Crippen molar-refractivity contribution in [3.05, 3.63) is 23.8 Å². The van der Waals surface area contributed by atoms with Gasteiger partial charge in [0.25, 0.3) is 0 Å². The molecule has 0 saturated carbocycles. The Morgan fingerprint density at radius 1 is 1.24 bits per heavy atom. The van der Waals surface area contributed by atoms with Crippen molar-refractivity contribution in [3.63, 3.8) is 0 Å². The quantitative estimate of drug-likeness (QED) is 0.771. The lowest BCUT2D eigenvalue weighted by Crippen LogP contribution is -2.36. The van der Waals surface area contributed by atoms with Crippen molar-refractivity contribution in [1.29, 1.82) is 0 Å². The first-order valence-electron chi connectivity index (χ1n) is 7.26. The molecule has 118 valence electrons. The maximum Gasteiger partial charge on any atom is 0.224 e. The van der Waals surface area contributed by atoms with Gasteiger partial charge in [-0.25, -0.2) is 0 Å². The molecule has 0 spiro atoms. The summed E-state index contributed by atoms with van der Waals surface area (Å²) in [7, 11) is 3.22. The van der Waals surface area contributed by atoms with E-state index >= 15 is 0 Å². The largest absolute Gasteiger partial charge is 0.497 e. The van der Waals surface area contributed by atoms with Gasteiger partial charge in [0.05, 0.1) is 20.3 Å². The highest BCUT2D eigenvalue weighted by molar-refractivity contribution is 5.79. The third-order valence-corrected chi connectivity index (χ3v) is 3.41. The van der Waals surface area contributed by atoms with E-state index < -0.39 is 0 Å². The van der Waals surface area contributed by atoms with Gasteiger partial charge in [-0.15, -0.1) is 0 Å². The number of hydrogen-bond donors (Lipinski definition) is 2. The van der Waals surface area contributed by atoms with Crippen LogP contribution in [0.4, 0.5) is 0 Å². The highest BCUT2D eigenvalue weighted by Crippen LogP contribution is 2.29. The van der Waals surface area contributed by atoms with Crippen molar-refractivity contribution in [2.45, 2.75) is 26.8 Å². The number of hydrogen-bond acceptors (Lipinski definition) is 4. The number of carbonyl (C=O) groups is 1. The summed E-state index contributed by atoms with van der Waals surface area (Å²) in [5.74, 6) is 1.40. The number of rotatable bonds is 8. The molecule has 0 fully saturated rings. The van der Waals surface area contributed by atoms with Crippen molar-refractivity contribution in [1.82, 2.24) is 10.6 Å². The minimum Gasteiger partial charge on any atom is -0.497 e. The van der Waals surface area contributed by atoms with E-state index in [0.717, 1.165) is 17.9 Å². The molecule has 2 atom stereocenters. The molecule has 1 aromatic rings. The normalized spacial score (nSPS) is 13.4. The number of methoxy groups -OCH3 is 2. The molecule has 2 unspecified atom stereocenters. The third-order valence-electron chi connectivity index (χ3n) is 3.41. The minimum atomic E-state index is -0.123. The van der Waals surface area contributed by atoms with E-state index in [0.29, 0.717) is 12.3 Å². The predicted molar refractivity (Wildman–Crippen MR) is 83.8 cm³/mol. The second-order valence-corrected chi connectivity index (χ2v) is 5.05. The molecular weight excluding hydrogens is 268 g/mol. The summed E-state index contributed by atoms with van der Waals surface area (Å²) in [6.07, 6.45) is 0. The number of carbonyl (C=O) groups excluding carboxylic acids is 1. The van der Waals surface area contributed by atoms with Crippen LogP contribution in [0.2, 0.25) is 0 Å². The summed E-state index contributed by atoms with van der Waals surface area (Å²) < 4.78 is 10.6. The van der Waals surface area contributed by atoms with Crippen LogP contribution in [0.15, 0.2) is 18.2 Å². The smallest absolute Gasteiger partial charge is 0.224 e. The number of benzene rings is 1. The maximum absolute atomic E-state index is 12.1. The molecule has 0 saturated heterocycles. The Kier molecular flexibility index (Phi) is 7.02. The third kappa shape index (κ3) is 4.93. The standard InChI is InChI=1S/C16H26N2O3/c1-6-17-10-11(2)16(19)18-12(3)14-8-7-13(20-4)9-15(14)21-5/h7-9,11-12,17H,6,10H2,1-5H3,(H,18,19). The van der Waals surface area contributed by atoms with Crippen molar-refractivity contribution in [2.75, 3.05) is 27.3 Å². The molecule has 5 heteroatoms.